The van der Waals surface area contributed by atoms with Gasteiger partial charge in [-0.1, -0.05) is 35.9 Å². The summed E-state index contributed by atoms with van der Waals surface area (Å²) in [6, 6.07) is 11.2. The first-order chi connectivity index (χ1) is 10.0. The van der Waals surface area contributed by atoms with Crippen molar-refractivity contribution in [3.8, 4) is 0 Å². The molecule has 1 atom stereocenters. The molecule has 1 amide bonds. The van der Waals surface area contributed by atoms with Crippen molar-refractivity contribution < 1.29 is 9.90 Å². The topological polar surface area (TPSA) is 49.3 Å². The molecule has 108 valence electrons. The van der Waals surface area contributed by atoms with E-state index in [1.165, 1.54) is 0 Å². The number of carbonyl (C=O) groups excluding carboxylic acids is 1. The third-order valence-corrected chi connectivity index (χ3v) is 4.26. The van der Waals surface area contributed by atoms with E-state index < -0.39 is 6.10 Å². The van der Waals surface area contributed by atoms with Crippen LogP contribution in [0.5, 0.6) is 0 Å². The van der Waals surface area contributed by atoms with Gasteiger partial charge in [0.15, 0.2) is 0 Å². The van der Waals surface area contributed by atoms with Gasteiger partial charge >= 0.3 is 0 Å². The number of hydrogen-bond donors (Lipinski definition) is 2. The first-order valence-corrected chi connectivity index (χ1v) is 7.29. The largest absolute Gasteiger partial charge is 0.384 e. The second-order valence-corrected chi connectivity index (χ2v) is 5.78. The lowest BCUT2D eigenvalue weighted by atomic mass is 9.95. The molecule has 0 saturated carbocycles. The molecule has 0 aromatic heterocycles. The molecule has 0 bridgehead atoms. The van der Waals surface area contributed by atoms with Crippen molar-refractivity contribution in [3.63, 3.8) is 0 Å². The quantitative estimate of drug-likeness (QED) is 0.890. The normalized spacial score (nSPS) is 15.3. The summed E-state index contributed by atoms with van der Waals surface area (Å²) in [5.41, 5.74) is 4.46. The van der Waals surface area contributed by atoms with Crippen molar-refractivity contribution in [2.75, 3.05) is 5.32 Å². The molecular formula is C17H16ClNO2. The minimum Gasteiger partial charge on any atom is -0.384 e. The number of aliphatic hydroxyl groups is 1. The van der Waals surface area contributed by atoms with Gasteiger partial charge in [0.2, 0.25) is 5.91 Å². The summed E-state index contributed by atoms with van der Waals surface area (Å²) in [6.07, 6.45) is 0.477. The number of benzene rings is 2. The molecule has 0 fully saturated rings. The zero-order valence-electron chi connectivity index (χ0n) is 11.7. The second kappa shape index (κ2) is 5.51. The Labute approximate surface area is 128 Å². The van der Waals surface area contributed by atoms with Crippen LogP contribution in [-0.4, -0.2) is 11.0 Å². The van der Waals surface area contributed by atoms with Crippen LogP contribution in [0.15, 0.2) is 36.4 Å². The standard InChI is InChI=1S/C17H16ClNO2/c1-10-2-3-13(9-14(10)18)17(21)12-4-6-15-11(8-12)5-7-16(20)19-15/h2-4,6,8-9,17,21H,5,7H2,1H3,(H,19,20). The van der Waals surface area contributed by atoms with Gasteiger partial charge in [0.1, 0.15) is 6.10 Å². The van der Waals surface area contributed by atoms with E-state index in [1.54, 1.807) is 6.07 Å². The van der Waals surface area contributed by atoms with Gasteiger partial charge in [-0.05, 0) is 47.7 Å². The third-order valence-electron chi connectivity index (χ3n) is 3.85. The Bertz CT molecular complexity index is 712. The van der Waals surface area contributed by atoms with Crippen molar-refractivity contribution >= 4 is 23.2 Å². The van der Waals surface area contributed by atoms with Crippen molar-refractivity contribution in [3.05, 3.63) is 63.7 Å². The lowest BCUT2D eigenvalue weighted by Gasteiger charge is -2.19. The molecule has 3 rings (SSSR count). The van der Waals surface area contributed by atoms with Gasteiger partial charge < -0.3 is 10.4 Å². The van der Waals surface area contributed by atoms with Crippen LogP contribution < -0.4 is 5.32 Å². The number of aryl methyl sites for hydroxylation is 2. The summed E-state index contributed by atoms with van der Waals surface area (Å²) in [6.45, 7) is 1.93. The highest BCUT2D eigenvalue weighted by Crippen LogP contribution is 2.30. The average molecular weight is 302 g/mol. The predicted octanol–water partition coefficient (Wildman–Crippen LogP) is 3.61. The molecule has 0 spiro atoms. The van der Waals surface area contributed by atoms with Crippen molar-refractivity contribution in [1.82, 2.24) is 0 Å². The number of halogens is 1. The number of fused-ring (bicyclic) bond motifs is 1. The molecule has 2 aromatic carbocycles. The van der Waals surface area contributed by atoms with Gasteiger partial charge in [0, 0.05) is 17.1 Å². The molecule has 1 aliphatic heterocycles. The highest BCUT2D eigenvalue weighted by molar-refractivity contribution is 6.31. The molecule has 1 aliphatic rings. The molecule has 4 heteroatoms. The predicted molar refractivity (Wildman–Crippen MR) is 83.6 cm³/mol. The van der Waals surface area contributed by atoms with Crippen molar-refractivity contribution in [2.24, 2.45) is 0 Å². The Morgan fingerprint density at radius 3 is 2.62 bits per heavy atom. The maximum Gasteiger partial charge on any atom is 0.224 e. The Morgan fingerprint density at radius 2 is 1.86 bits per heavy atom. The number of rotatable bonds is 2. The number of aliphatic hydroxyl groups excluding tert-OH is 1. The summed E-state index contributed by atoms with van der Waals surface area (Å²) < 4.78 is 0. The van der Waals surface area contributed by atoms with Crippen LogP contribution in [0.2, 0.25) is 5.02 Å². The number of carbonyl (C=O) groups is 1. The molecule has 3 nitrogen and oxygen atoms in total. The summed E-state index contributed by atoms with van der Waals surface area (Å²) in [5.74, 6) is 0.0427. The Balaban J connectivity index is 1.93. The van der Waals surface area contributed by atoms with E-state index in [-0.39, 0.29) is 5.91 Å². The van der Waals surface area contributed by atoms with Crippen LogP contribution in [0.4, 0.5) is 5.69 Å². The van der Waals surface area contributed by atoms with E-state index in [1.807, 2.05) is 37.3 Å². The molecule has 0 saturated heterocycles. The van der Waals surface area contributed by atoms with E-state index in [2.05, 4.69) is 5.32 Å². The third kappa shape index (κ3) is 2.80. The zero-order chi connectivity index (χ0) is 15.0. The Morgan fingerprint density at radius 1 is 1.14 bits per heavy atom. The van der Waals surface area contributed by atoms with E-state index in [0.717, 1.165) is 27.9 Å². The molecule has 1 heterocycles. The maximum atomic E-state index is 11.4. The first-order valence-electron chi connectivity index (χ1n) is 6.91. The van der Waals surface area contributed by atoms with Crippen LogP contribution in [-0.2, 0) is 11.2 Å². The van der Waals surface area contributed by atoms with E-state index in [0.29, 0.717) is 17.9 Å². The molecule has 2 N–H and O–H groups in total. The molecule has 0 radical (unpaired) electrons. The molecular weight excluding hydrogens is 286 g/mol. The summed E-state index contributed by atoms with van der Waals surface area (Å²) in [4.78, 5) is 11.4. The molecule has 21 heavy (non-hydrogen) atoms. The fourth-order valence-corrected chi connectivity index (χ4v) is 2.73. The fourth-order valence-electron chi connectivity index (χ4n) is 2.55. The highest BCUT2D eigenvalue weighted by atomic mass is 35.5. The van der Waals surface area contributed by atoms with Gasteiger partial charge in [-0.25, -0.2) is 0 Å². The lowest BCUT2D eigenvalue weighted by molar-refractivity contribution is -0.116. The molecule has 2 aromatic rings. The Hall–Kier alpha value is -1.84. The van der Waals surface area contributed by atoms with Gasteiger partial charge in [0.05, 0.1) is 0 Å². The van der Waals surface area contributed by atoms with Gasteiger partial charge in [-0.2, -0.15) is 0 Å². The van der Waals surface area contributed by atoms with Crippen molar-refractivity contribution in [1.29, 1.82) is 0 Å². The van der Waals surface area contributed by atoms with Gasteiger partial charge in [-0.15, -0.1) is 0 Å². The van der Waals surface area contributed by atoms with E-state index in [4.69, 9.17) is 11.6 Å². The second-order valence-electron chi connectivity index (χ2n) is 5.38. The first kappa shape index (κ1) is 14.1. The minimum absolute atomic E-state index is 0.0427. The lowest BCUT2D eigenvalue weighted by Crippen LogP contribution is -2.19. The van der Waals surface area contributed by atoms with Crippen LogP contribution in [0.3, 0.4) is 0 Å². The summed E-state index contributed by atoms with van der Waals surface area (Å²) in [7, 11) is 0. The highest BCUT2D eigenvalue weighted by Gasteiger charge is 2.18. The molecule has 1 unspecified atom stereocenters. The monoisotopic (exact) mass is 301 g/mol. The van der Waals surface area contributed by atoms with Crippen molar-refractivity contribution in [2.45, 2.75) is 25.9 Å². The van der Waals surface area contributed by atoms with Crippen LogP contribution >= 0.6 is 11.6 Å². The Kier molecular flexibility index (Phi) is 3.70. The van der Waals surface area contributed by atoms with Crippen LogP contribution in [0.25, 0.3) is 0 Å². The minimum atomic E-state index is -0.717. The number of anilines is 1. The fraction of sp³-hybridized carbons (Fsp3) is 0.235. The van der Waals surface area contributed by atoms with Gasteiger partial charge in [-0.3, -0.25) is 4.79 Å². The molecule has 0 aliphatic carbocycles. The van der Waals surface area contributed by atoms with Crippen LogP contribution in [0.1, 0.15) is 34.8 Å². The summed E-state index contributed by atoms with van der Waals surface area (Å²) in [5, 5.41) is 14.0. The summed E-state index contributed by atoms with van der Waals surface area (Å²) >= 11 is 6.12. The number of amides is 1. The zero-order valence-corrected chi connectivity index (χ0v) is 12.4. The van der Waals surface area contributed by atoms with E-state index in [9.17, 15) is 9.90 Å². The SMILES string of the molecule is Cc1ccc(C(O)c2ccc3c(c2)CCC(=O)N3)cc1Cl. The van der Waals surface area contributed by atoms with Gasteiger partial charge in [0.25, 0.3) is 0 Å². The number of hydrogen-bond acceptors (Lipinski definition) is 2. The van der Waals surface area contributed by atoms with E-state index >= 15 is 0 Å². The average Bonchev–Trinajstić information content (AvgIpc) is 2.49. The smallest absolute Gasteiger partial charge is 0.224 e. The number of nitrogens with one attached hydrogen (secondary N) is 1. The van der Waals surface area contributed by atoms with Crippen LogP contribution in [0, 0.1) is 6.92 Å². The maximum absolute atomic E-state index is 11.4.